The topological polar surface area (TPSA) is 57.7 Å². The van der Waals surface area contributed by atoms with E-state index < -0.39 is 10.0 Å². The van der Waals surface area contributed by atoms with Crippen LogP contribution in [0.3, 0.4) is 0 Å². The van der Waals surface area contributed by atoms with Gasteiger partial charge in [0, 0.05) is 38.5 Å². The van der Waals surface area contributed by atoms with E-state index in [2.05, 4.69) is 0 Å². The second kappa shape index (κ2) is 4.82. The lowest BCUT2D eigenvalue weighted by molar-refractivity contribution is -0.126. The highest BCUT2D eigenvalue weighted by Crippen LogP contribution is 2.41. The van der Waals surface area contributed by atoms with Crippen LogP contribution >= 0.6 is 11.3 Å². The summed E-state index contributed by atoms with van der Waals surface area (Å²) in [4.78, 5) is 13.9. The fourth-order valence-electron chi connectivity index (χ4n) is 3.19. The second-order valence-electron chi connectivity index (χ2n) is 5.79. The highest BCUT2D eigenvalue weighted by Gasteiger charge is 2.45. The number of nitrogens with zero attached hydrogens (tertiary/aromatic N) is 2. The SMILES string of the molecule is CN1CC2(CCN(S(=O)(=O)c3ccsc3)CC2)CC1=O. The zero-order chi connectivity index (χ0) is 14.4. The molecule has 0 bridgehead atoms. The summed E-state index contributed by atoms with van der Waals surface area (Å²) in [6, 6.07) is 1.65. The van der Waals surface area contributed by atoms with E-state index in [-0.39, 0.29) is 11.3 Å². The van der Waals surface area contributed by atoms with Gasteiger partial charge in [0.2, 0.25) is 15.9 Å². The Labute approximate surface area is 123 Å². The van der Waals surface area contributed by atoms with Crippen molar-refractivity contribution in [3.8, 4) is 0 Å². The third-order valence-corrected chi connectivity index (χ3v) is 7.17. The maximum absolute atomic E-state index is 12.4. The molecule has 0 aliphatic carbocycles. The number of carbonyl (C=O) groups is 1. The Morgan fingerprint density at radius 3 is 2.50 bits per heavy atom. The molecule has 20 heavy (non-hydrogen) atoms. The van der Waals surface area contributed by atoms with Crippen LogP contribution in [0.1, 0.15) is 19.3 Å². The Morgan fingerprint density at radius 2 is 2.00 bits per heavy atom. The van der Waals surface area contributed by atoms with Gasteiger partial charge in [0.15, 0.2) is 0 Å². The molecular formula is C13H18N2O3S2. The number of hydrogen-bond acceptors (Lipinski definition) is 4. The first-order valence-electron chi connectivity index (χ1n) is 6.69. The van der Waals surface area contributed by atoms with E-state index in [1.165, 1.54) is 11.3 Å². The first kappa shape index (κ1) is 14.0. The molecule has 2 aliphatic rings. The normalized spacial score (nSPS) is 23.6. The molecule has 0 saturated carbocycles. The highest BCUT2D eigenvalue weighted by atomic mass is 32.2. The first-order chi connectivity index (χ1) is 9.43. The van der Waals surface area contributed by atoms with Crippen molar-refractivity contribution < 1.29 is 13.2 Å². The molecule has 0 atom stereocenters. The fraction of sp³-hybridized carbons (Fsp3) is 0.615. The minimum Gasteiger partial charge on any atom is -0.345 e. The van der Waals surface area contributed by atoms with Gasteiger partial charge in [-0.05, 0) is 29.7 Å². The Morgan fingerprint density at radius 1 is 1.30 bits per heavy atom. The second-order valence-corrected chi connectivity index (χ2v) is 8.51. The third-order valence-electron chi connectivity index (χ3n) is 4.44. The van der Waals surface area contributed by atoms with Crippen molar-refractivity contribution in [1.82, 2.24) is 9.21 Å². The van der Waals surface area contributed by atoms with Crippen LogP contribution in [-0.2, 0) is 14.8 Å². The van der Waals surface area contributed by atoms with E-state index in [1.807, 2.05) is 7.05 Å². The van der Waals surface area contributed by atoms with Crippen LogP contribution in [0.4, 0.5) is 0 Å². The lowest BCUT2D eigenvalue weighted by Crippen LogP contribution is -2.43. The summed E-state index contributed by atoms with van der Waals surface area (Å²) >= 11 is 1.39. The van der Waals surface area contributed by atoms with Gasteiger partial charge in [-0.15, -0.1) is 0 Å². The van der Waals surface area contributed by atoms with Crippen molar-refractivity contribution in [3.05, 3.63) is 16.8 Å². The van der Waals surface area contributed by atoms with Gasteiger partial charge >= 0.3 is 0 Å². The van der Waals surface area contributed by atoms with Crippen LogP contribution in [-0.4, -0.2) is 50.2 Å². The van der Waals surface area contributed by atoms with Gasteiger partial charge in [-0.2, -0.15) is 15.6 Å². The van der Waals surface area contributed by atoms with Crippen molar-refractivity contribution >= 4 is 27.3 Å². The van der Waals surface area contributed by atoms with Crippen molar-refractivity contribution in [2.24, 2.45) is 5.41 Å². The van der Waals surface area contributed by atoms with Gasteiger partial charge in [0.05, 0.1) is 4.90 Å². The third kappa shape index (κ3) is 2.27. The number of likely N-dealkylation sites (tertiary alicyclic amines) is 1. The van der Waals surface area contributed by atoms with E-state index in [0.717, 1.165) is 19.4 Å². The van der Waals surface area contributed by atoms with Crippen LogP contribution in [0, 0.1) is 5.41 Å². The molecule has 0 unspecified atom stereocenters. The maximum Gasteiger partial charge on any atom is 0.243 e. The van der Waals surface area contributed by atoms with Gasteiger partial charge < -0.3 is 4.90 Å². The number of piperidine rings is 1. The zero-order valence-corrected chi connectivity index (χ0v) is 13.0. The predicted molar refractivity (Wildman–Crippen MR) is 77.0 cm³/mol. The number of hydrogen-bond donors (Lipinski definition) is 0. The molecular weight excluding hydrogens is 296 g/mol. The summed E-state index contributed by atoms with van der Waals surface area (Å²) < 4.78 is 26.4. The molecule has 1 spiro atoms. The lowest BCUT2D eigenvalue weighted by Gasteiger charge is -2.37. The molecule has 1 aromatic heterocycles. The van der Waals surface area contributed by atoms with Gasteiger partial charge in [0.1, 0.15) is 0 Å². The largest absolute Gasteiger partial charge is 0.345 e. The van der Waals surface area contributed by atoms with Crippen LogP contribution < -0.4 is 0 Å². The summed E-state index contributed by atoms with van der Waals surface area (Å²) in [5.41, 5.74) is -0.00744. The van der Waals surface area contributed by atoms with Gasteiger partial charge in [0.25, 0.3) is 0 Å². The molecule has 5 nitrogen and oxygen atoms in total. The monoisotopic (exact) mass is 314 g/mol. The zero-order valence-electron chi connectivity index (χ0n) is 11.4. The standard InChI is InChI=1S/C13H18N2O3S2/c1-14-10-13(8-12(14)16)3-5-15(6-4-13)20(17,18)11-2-7-19-9-11/h2,7,9H,3-6,8,10H2,1H3. The molecule has 1 amide bonds. The van der Waals surface area contributed by atoms with Gasteiger partial charge in [-0.25, -0.2) is 8.42 Å². The summed E-state index contributed by atoms with van der Waals surface area (Å²) in [6.07, 6.45) is 2.11. The molecule has 2 saturated heterocycles. The number of amides is 1. The molecule has 2 aliphatic heterocycles. The molecule has 110 valence electrons. The van der Waals surface area contributed by atoms with Crippen molar-refractivity contribution in [2.45, 2.75) is 24.2 Å². The van der Waals surface area contributed by atoms with Crippen LogP contribution in [0.5, 0.6) is 0 Å². The van der Waals surface area contributed by atoms with E-state index in [0.29, 0.717) is 24.4 Å². The van der Waals surface area contributed by atoms with Crippen LogP contribution in [0.15, 0.2) is 21.7 Å². The van der Waals surface area contributed by atoms with E-state index in [1.54, 1.807) is 26.0 Å². The Bertz CT molecular complexity index is 602. The maximum atomic E-state index is 12.4. The summed E-state index contributed by atoms with van der Waals surface area (Å²) in [5, 5.41) is 3.45. The quantitative estimate of drug-likeness (QED) is 0.829. The van der Waals surface area contributed by atoms with Crippen LogP contribution in [0.2, 0.25) is 0 Å². The number of sulfonamides is 1. The Kier molecular flexibility index (Phi) is 3.38. The van der Waals surface area contributed by atoms with E-state index in [4.69, 9.17) is 0 Å². The number of rotatable bonds is 2. The smallest absolute Gasteiger partial charge is 0.243 e. The molecule has 3 rings (SSSR count). The molecule has 1 aromatic rings. The van der Waals surface area contributed by atoms with Crippen molar-refractivity contribution in [3.63, 3.8) is 0 Å². The fourth-order valence-corrected chi connectivity index (χ4v) is 5.64. The molecule has 0 aromatic carbocycles. The minimum absolute atomic E-state index is 0.00744. The van der Waals surface area contributed by atoms with Crippen molar-refractivity contribution in [1.29, 1.82) is 0 Å². The average Bonchev–Trinajstić information content (AvgIpc) is 3.00. The first-order valence-corrected chi connectivity index (χ1v) is 9.08. The highest BCUT2D eigenvalue weighted by molar-refractivity contribution is 7.89. The molecule has 2 fully saturated rings. The summed E-state index contributed by atoms with van der Waals surface area (Å²) in [6.45, 7) is 1.79. The molecule has 0 radical (unpaired) electrons. The number of thiophene rings is 1. The van der Waals surface area contributed by atoms with E-state index in [9.17, 15) is 13.2 Å². The van der Waals surface area contributed by atoms with E-state index >= 15 is 0 Å². The van der Waals surface area contributed by atoms with Crippen LogP contribution in [0.25, 0.3) is 0 Å². The summed E-state index contributed by atoms with van der Waals surface area (Å²) in [5.74, 6) is 0.180. The van der Waals surface area contributed by atoms with Gasteiger partial charge in [-0.1, -0.05) is 0 Å². The predicted octanol–water partition coefficient (Wildman–Crippen LogP) is 1.38. The number of carbonyl (C=O) groups excluding carboxylic acids is 1. The average molecular weight is 314 g/mol. The lowest BCUT2D eigenvalue weighted by atomic mass is 9.78. The molecule has 0 N–H and O–H groups in total. The Hall–Kier alpha value is -0.920. The Balaban J connectivity index is 1.72. The van der Waals surface area contributed by atoms with Gasteiger partial charge in [-0.3, -0.25) is 4.79 Å². The van der Waals surface area contributed by atoms with Crippen molar-refractivity contribution in [2.75, 3.05) is 26.7 Å². The molecule has 7 heteroatoms. The summed E-state index contributed by atoms with van der Waals surface area (Å²) in [7, 11) is -1.52. The minimum atomic E-state index is -3.35. The molecule has 3 heterocycles.